The smallest absolute Gasteiger partial charge is 0.259 e. The van der Waals surface area contributed by atoms with Crippen molar-refractivity contribution in [1.82, 2.24) is 10.3 Å². The molecule has 3 heterocycles. The number of anilines is 2. The Morgan fingerprint density at radius 3 is 2.97 bits per heavy atom. The van der Waals surface area contributed by atoms with Crippen LogP contribution in [0.15, 0.2) is 54.7 Å². The monoisotopic (exact) mass is 428 g/mol. The van der Waals surface area contributed by atoms with Crippen LogP contribution in [0.3, 0.4) is 0 Å². The average Bonchev–Trinajstić information content (AvgIpc) is 3.25. The van der Waals surface area contributed by atoms with Crippen LogP contribution in [0.5, 0.6) is 5.75 Å². The SMILES string of the molecule is CC1(C)CNCc2cc(NC(=O)c3cccnc3NCc3ccc4c(c3)CCO4)ccc21. The number of hydrogen-bond acceptors (Lipinski definition) is 5. The molecule has 0 spiro atoms. The third-order valence-corrected chi connectivity index (χ3v) is 6.24. The number of rotatable bonds is 5. The molecule has 164 valence electrons. The predicted molar refractivity (Wildman–Crippen MR) is 126 cm³/mol. The van der Waals surface area contributed by atoms with E-state index in [1.54, 1.807) is 18.3 Å². The summed E-state index contributed by atoms with van der Waals surface area (Å²) in [6.07, 6.45) is 2.64. The minimum atomic E-state index is -0.175. The molecule has 0 saturated carbocycles. The Morgan fingerprint density at radius 2 is 2.06 bits per heavy atom. The molecule has 5 rings (SSSR count). The van der Waals surface area contributed by atoms with Crippen LogP contribution >= 0.6 is 0 Å². The second-order valence-electron chi connectivity index (χ2n) is 9.11. The Bertz CT molecular complexity index is 1170. The largest absolute Gasteiger partial charge is 0.493 e. The van der Waals surface area contributed by atoms with Crippen LogP contribution in [0.2, 0.25) is 0 Å². The van der Waals surface area contributed by atoms with Gasteiger partial charge in [0, 0.05) is 43.4 Å². The summed E-state index contributed by atoms with van der Waals surface area (Å²) in [5, 5.41) is 9.83. The van der Waals surface area contributed by atoms with Crippen molar-refractivity contribution in [2.24, 2.45) is 0 Å². The van der Waals surface area contributed by atoms with E-state index in [0.29, 0.717) is 17.9 Å². The molecule has 3 N–H and O–H groups in total. The number of carbonyl (C=O) groups excluding carboxylic acids is 1. The van der Waals surface area contributed by atoms with Crippen molar-refractivity contribution >= 4 is 17.4 Å². The highest BCUT2D eigenvalue weighted by atomic mass is 16.5. The van der Waals surface area contributed by atoms with Gasteiger partial charge in [0.2, 0.25) is 0 Å². The van der Waals surface area contributed by atoms with Crippen molar-refractivity contribution in [1.29, 1.82) is 0 Å². The number of carbonyl (C=O) groups is 1. The Balaban J connectivity index is 1.31. The first-order valence-electron chi connectivity index (χ1n) is 11.1. The van der Waals surface area contributed by atoms with Crippen LogP contribution < -0.4 is 20.7 Å². The zero-order valence-corrected chi connectivity index (χ0v) is 18.5. The van der Waals surface area contributed by atoms with Gasteiger partial charge >= 0.3 is 0 Å². The lowest BCUT2D eigenvalue weighted by Crippen LogP contribution is -2.38. The third-order valence-electron chi connectivity index (χ3n) is 6.24. The van der Waals surface area contributed by atoms with E-state index in [1.807, 2.05) is 18.2 Å². The summed E-state index contributed by atoms with van der Waals surface area (Å²) in [7, 11) is 0. The molecule has 0 saturated heterocycles. The summed E-state index contributed by atoms with van der Waals surface area (Å²) in [6, 6.07) is 16.0. The molecule has 2 aromatic carbocycles. The van der Waals surface area contributed by atoms with Gasteiger partial charge in [0.1, 0.15) is 11.6 Å². The summed E-state index contributed by atoms with van der Waals surface area (Å²) in [5.41, 5.74) is 6.32. The van der Waals surface area contributed by atoms with Crippen molar-refractivity contribution < 1.29 is 9.53 Å². The molecule has 6 heteroatoms. The van der Waals surface area contributed by atoms with Gasteiger partial charge in [-0.2, -0.15) is 0 Å². The molecule has 0 unspecified atom stereocenters. The van der Waals surface area contributed by atoms with Crippen LogP contribution in [0.25, 0.3) is 0 Å². The van der Waals surface area contributed by atoms with Gasteiger partial charge in [0.15, 0.2) is 0 Å². The number of nitrogens with one attached hydrogen (secondary N) is 3. The molecule has 2 aliphatic rings. The summed E-state index contributed by atoms with van der Waals surface area (Å²) in [6.45, 7) is 7.56. The standard InChI is InChI=1S/C26H28N4O2/c1-26(2)16-27-15-19-13-20(6-7-22(19)26)30-25(31)21-4-3-10-28-24(21)29-14-17-5-8-23-18(12-17)9-11-32-23/h3-8,10,12-13,27H,9,11,14-16H2,1-2H3,(H,28,29)(H,30,31). The van der Waals surface area contributed by atoms with Gasteiger partial charge in [-0.15, -0.1) is 0 Å². The summed E-state index contributed by atoms with van der Waals surface area (Å²) in [5.74, 6) is 1.36. The van der Waals surface area contributed by atoms with Crippen LogP contribution in [0, 0.1) is 0 Å². The fourth-order valence-corrected chi connectivity index (χ4v) is 4.55. The Hall–Kier alpha value is -3.38. The highest BCUT2D eigenvalue weighted by Crippen LogP contribution is 2.31. The van der Waals surface area contributed by atoms with Gasteiger partial charge in [0.05, 0.1) is 12.2 Å². The van der Waals surface area contributed by atoms with Crippen molar-refractivity contribution in [2.45, 2.75) is 38.8 Å². The first-order valence-corrected chi connectivity index (χ1v) is 11.1. The van der Waals surface area contributed by atoms with Crippen molar-refractivity contribution in [3.63, 3.8) is 0 Å². The Morgan fingerprint density at radius 1 is 1.16 bits per heavy atom. The number of pyridine rings is 1. The Labute approximate surface area is 188 Å². The summed E-state index contributed by atoms with van der Waals surface area (Å²) >= 11 is 0. The predicted octanol–water partition coefficient (Wildman–Crippen LogP) is 4.26. The van der Waals surface area contributed by atoms with Crippen LogP contribution in [-0.2, 0) is 24.9 Å². The van der Waals surface area contributed by atoms with Crippen molar-refractivity contribution in [3.05, 3.63) is 82.5 Å². The minimum absolute atomic E-state index is 0.0836. The highest BCUT2D eigenvalue weighted by Gasteiger charge is 2.27. The fourth-order valence-electron chi connectivity index (χ4n) is 4.55. The molecular formula is C26H28N4O2. The molecule has 0 bridgehead atoms. The quantitative estimate of drug-likeness (QED) is 0.566. The summed E-state index contributed by atoms with van der Waals surface area (Å²) in [4.78, 5) is 17.5. The number of hydrogen-bond donors (Lipinski definition) is 3. The maximum Gasteiger partial charge on any atom is 0.259 e. The number of amides is 1. The number of ether oxygens (including phenoxy) is 1. The molecular weight excluding hydrogens is 400 g/mol. The summed E-state index contributed by atoms with van der Waals surface area (Å²) < 4.78 is 5.58. The van der Waals surface area contributed by atoms with Gasteiger partial charge in [-0.05, 0) is 52.6 Å². The van der Waals surface area contributed by atoms with Gasteiger partial charge in [-0.25, -0.2) is 4.98 Å². The topological polar surface area (TPSA) is 75.3 Å². The second-order valence-corrected chi connectivity index (χ2v) is 9.11. The maximum atomic E-state index is 13.1. The van der Waals surface area contributed by atoms with E-state index in [2.05, 4.69) is 53.0 Å². The van der Waals surface area contributed by atoms with E-state index >= 15 is 0 Å². The molecule has 32 heavy (non-hydrogen) atoms. The van der Waals surface area contributed by atoms with Crippen LogP contribution in [0.4, 0.5) is 11.5 Å². The molecule has 0 radical (unpaired) electrons. The van der Waals surface area contributed by atoms with Gasteiger partial charge in [-0.1, -0.05) is 32.0 Å². The van der Waals surface area contributed by atoms with E-state index in [4.69, 9.17) is 4.74 Å². The molecule has 1 aromatic heterocycles. The average molecular weight is 429 g/mol. The molecule has 0 fully saturated rings. The lowest BCUT2D eigenvalue weighted by atomic mass is 9.79. The molecule has 3 aromatic rings. The molecule has 6 nitrogen and oxygen atoms in total. The van der Waals surface area contributed by atoms with E-state index in [9.17, 15) is 4.79 Å². The zero-order chi connectivity index (χ0) is 22.1. The van der Waals surface area contributed by atoms with Crippen LogP contribution in [-0.4, -0.2) is 24.0 Å². The minimum Gasteiger partial charge on any atom is -0.493 e. The van der Waals surface area contributed by atoms with Gasteiger partial charge < -0.3 is 20.7 Å². The molecule has 0 atom stereocenters. The van der Waals surface area contributed by atoms with E-state index in [1.165, 1.54) is 16.7 Å². The molecule has 1 amide bonds. The number of fused-ring (bicyclic) bond motifs is 2. The lowest BCUT2D eigenvalue weighted by Gasteiger charge is -2.33. The second kappa shape index (κ2) is 8.28. The first-order chi connectivity index (χ1) is 15.5. The first kappa shape index (κ1) is 20.5. The zero-order valence-electron chi connectivity index (χ0n) is 18.5. The van der Waals surface area contributed by atoms with Crippen molar-refractivity contribution in [3.8, 4) is 5.75 Å². The molecule has 0 aliphatic carbocycles. The number of nitrogens with zero attached hydrogens (tertiary/aromatic N) is 1. The van der Waals surface area contributed by atoms with Crippen LogP contribution in [0.1, 0.15) is 46.5 Å². The van der Waals surface area contributed by atoms with Crippen molar-refractivity contribution in [2.75, 3.05) is 23.8 Å². The fraction of sp³-hybridized carbons (Fsp3) is 0.308. The Kier molecular flexibility index (Phi) is 5.31. The molecule has 2 aliphatic heterocycles. The normalized spacial score (nSPS) is 15.9. The number of benzene rings is 2. The number of aromatic nitrogens is 1. The van der Waals surface area contributed by atoms with E-state index in [-0.39, 0.29) is 11.3 Å². The lowest BCUT2D eigenvalue weighted by molar-refractivity contribution is 0.102. The highest BCUT2D eigenvalue weighted by molar-refractivity contribution is 6.07. The van der Waals surface area contributed by atoms with Gasteiger partial charge in [0.25, 0.3) is 5.91 Å². The van der Waals surface area contributed by atoms with Gasteiger partial charge in [-0.3, -0.25) is 4.79 Å². The maximum absolute atomic E-state index is 13.1. The van der Waals surface area contributed by atoms with E-state index in [0.717, 1.165) is 43.1 Å². The van der Waals surface area contributed by atoms with E-state index < -0.39 is 0 Å². The third kappa shape index (κ3) is 4.06.